The van der Waals surface area contributed by atoms with Crippen molar-refractivity contribution in [3.8, 4) is 0 Å². The van der Waals surface area contributed by atoms with Gasteiger partial charge in [-0.25, -0.2) is 0 Å². The Bertz CT molecular complexity index is 395. The highest BCUT2D eigenvalue weighted by Gasteiger charge is 2.38. The van der Waals surface area contributed by atoms with Crippen LogP contribution in [-0.2, 0) is 0 Å². The Labute approximate surface area is 168 Å². The van der Waals surface area contributed by atoms with Gasteiger partial charge in [0.05, 0.1) is 0 Å². The first-order chi connectivity index (χ1) is 12.3. The molecule has 0 unspecified atom stereocenters. The molecule has 2 rings (SSSR count). The van der Waals surface area contributed by atoms with Crippen molar-refractivity contribution in [2.75, 3.05) is 26.2 Å². The molecule has 0 amide bonds. The summed E-state index contributed by atoms with van der Waals surface area (Å²) in [5.74, 6) is 0. The van der Waals surface area contributed by atoms with Crippen molar-refractivity contribution in [2.45, 2.75) is 115 Å². The van der Waals surface area contributed by atoms with Gasteiger partial charge in [0.2, 0.25) is 0 Å². The van der Waals surface area contributed by atoms with E-state index in [9.17, 15) is 0 Å². The van der Waals surface area contributed by atoms with Crippen LogP contribution >= 0.6 is 0 Å². The van der Waals surface area contributed by atoms with Crippen molar-refractivity contribution >= 4 is 0 Å². The third kappa shape index (κ3) is 8.36. The molecule has 5 nitrogen and oxygen atoms in total. The molecule has 2 aliphatic heterocycles. The molecule has 0 aromatic rings. The van der Waals surface area contributed by atoms with Gasteiger partial charge in [-0.15, -0.1) is 0 Å². The minimum Gasteiger partial charge on any atom is -0.314 e. The molecule has 0 atom stereocenters. The lowest BCUT2D eigenvalue weighted by molar-refractivity contribution is 0.146. The lowest BCUT2D eigenvalue weighted by Crippen LogP contribution is -2.62. The average Bonchev–Trinajstić information content (AvgIpc) is 2.39. The molecule has 27 heavy (non-hydrogen) atoms. The molecule has 0 bridgehead atoms. The second-order valence-corrected chi connectivity index (χ2v) is 11.7. The Morgan fingerprint density at radius 1 is 0.556 bits per heavy atom. The topological polar surface area (TPSA) is 60.1 Å². The van der Waals surface area contributed by atoms with Gasteiger partial charge in [0.1, 0.15) is 0 Å². The molecule has 5 heteroatoms. The van der Waals surface area contributed by atoms with Gasteiger partial charge in [-0.05, 0) is 81.1 Å². The van der Waals surface area contributed by atoms with Crippen LogP contribution in [0.2, 0.25) is 0 Å². The van der Waals surface area contributed by atoms with Crippen molar-refractivity contribution in [3.63, 3.8) is 0 Å². The standard InChI is InChI=1S/C22H47N5/c1-19(2)13-17(14-20(3,4)26-19)24-11-9-23-10-12-25-18-15-21(5,6)27-22(7,8)16-18/h17-18,23-27H,9-16H2,1-8H3. The summed E-state index contributed by atoms with van der Waals surface area (Å²) in [5, 5.41) is 18.6. The number of hydrogen-bond acceptors (Lipinski definition) is 5. The van der Waals surface area contributed by atoms with Gasteiger partial charge >= 0.3 is 0 Å². The van der Waals surface area contributed by atoms with Gasteiger partial charge < -0.3 is 26.6 Å². The van der Waals surface area contributed by atoms with Crippen LogP contribution in [-0.4, -0.2) is 60.4 Å². The van der Waals surface area contributed by atoms with Crippen LogP contribution in [0.3, 0.4) is 0 Å². The average molecular weight is 382 g/mol. The van der Waals surface area contributed by atoms with Crippen LogP contribution in [0, 0.1) is 0 Å². The first-order valence-electron chi connectivity index (χ1n) is 11.0. The summed E-state index contributed by atoms with van der Waals surface area (Å²) in [7, 11) is 0. The van der Waals surface area contributed by atoms with Crippen molar-refractivity contribution in [3.05, 3.63) is 0 Å². The molecular formula is C22H47N5. The second kappa shape index (κ2) is 8.66. The van der Waals surface area contributed by atoms with Crippen molar-refractivity contribution < 1.29 is 0 Å². The van der Waals surface area contributed by atoms with E-state index >= 15 is 0 Å². The van der Waals surface area contributed by atoms with Crippen molar-refractivity contribution in [2.24, 2.45) is 0 Å². The normalized spacial score (nSPS) is 27.6. The summed E-state index contributed by atoms with van der Waals surface area (Å²) in [6.07, 6.45) is 4.77. The molecule has 2 saturated heterocycles. The zero-order valence-electron chi connectivity index (χ0n) is 19.3. The summed E-state index contributed by atoms with van der Waals surface area (Å²) in [4.78, 5) is 0. The number of rotatable bonds is 8. The molecule has 0 saturated carbocycles. The fraction of sp³-hybridized carbons (Fsp3) is 1.00. The van der Waals surface area contributed by atoms with Gasteiger partial charge in [-0.1, -0.05) is 0 Å². The highest BCUT2D eigenvalue weighted by molar-refractivity contribution is 5.00. The Morgan fingerprint density at radius 2 is 0.852 bits per heavy atom. The predicted molar refractivity (Wildman–Crippen MR) is 118 cm³/mol. The Morgan fingerprint density at radius 3 is 1.15 bits per heavy atom. The second-order valence-electron chi connectivity index (χ2n) is 11.7. The molecule has 160 valence electrons. The van der Waals surface area contributed by atoms with Crippen LogP contribution in [0.15, 0.2) is 0 Å². The van der Waals surface area contributed by atoms with E-state index in [1.807, 2.05) is 0 Å². The first kappa shape index (κ1) is 23.1. The van der Waals surface area contributed by atoms with Crippen LogP contribution in [0.4, 0.5) is 0 Å². The van der Waals surface area contributed by atoms with E-state index in [0.29, 0.717) is 12.1 Å². The zero-order valence-corrected chi connectivity index (χ0v) is 19.3. The number of piperidine rings is 2. The Kier molecular flexibility index (Phi) is 7.41. The molecule has 5 N–H and O–H groups in total. The quantitative estimate of drug-likeness (QED) is 0.418. The minimum atomic E-state index is 0.215. The Balaban J connectivity index is 1.57. The maximum atomic E-state index is 3.76. The smallest absolute Gasteiger partial charge is 0.0144 e. The molecule has 2 aliphatic rings. The molecule has 0 radical (unpaired) electrons. The zero-order chi connectivity index (χ0) is 20.3. The third-order valence-electron chi connectivity index (χ3n) is 5.85. The SMILES string of the molecule is CC1(C)CC(NCCNCCNC2CC(C)(C)NC(C)(C)C2)CC(C)(C)N1. The molecule has 0 aromatic carbocycles. The maximum Gasteiger partial charge on any atom is 0.0144 e. The lowest BCUT2D eigenvalue weighted by atomic mass is 9.79. The van der Waals surface area contributed by atoms with Gasteiger partial charge in [-0.3, -0.25) is 0 Å². The first-order valence-corrected chi connectivity index (χ1v) is 11.0. The summed E-state index contributed by atoms with van der Waals surface area (Å²) in [5.41, 5.74) is 0.862. The molecule has 2 fully saturated rings. The largest absolute Gasteiger partial charge is 0.314 e. The predicted octanol–water partition coefficient (Wildman–Crippen LogP) is 2.37. The van der Waals surface area contributed by atoms with Crippen molar-refractivity contribution in [1.29, 1.82) is 0 Å². The summed E-state index contributed by atoms with van der Waals surface area (Å²) in [6, 6.07) is 1.21. The Hall–Kier alpha value is -0.200. The number of hydrogen-bond donors (Lipinski definition) is 5. The highest BCUT2D eigenvalue weighted by atomic mass is 15.1. The molecule has 0 spiro atoms. The monoisotopic (exact) mass is 381 g/mol. The van der Waals surface area contributed by atoms with E-state index in [4.69, 9.17) is 0 Å². The molecule has 2 heterocycles. The van der Waals surface area contributed by atoms with Crippen LogP contribution < -0.4 is 26.6 Å². The van der Waals surface area contributed by atoms with Gasteiger partial charge in [0, 0.05) is 60.4 Å². The van der Waals surface area contributed by atoms with Crippen LogP contribution in [0.1, 0.15) is 81.1 Å². The fourth-order valence-corrected chi connectivity index (χ4v) is 5.79. The summed E-state index contributed by atoms with van der Waals surface area (Å²) < 4.78 is 0. The maximum absolute atomic E-state index is 3.76. The molecule has 0 aliphatic carbocycles. The van der Waals surface area contributed by atoms with E-state index in [1.165, 1.54) is 25.7 Å². The molecular weight excluding hydrogens is 334 g/mol. The van der Waals surface area contributed by atoms with E-state index < -0.39 is 0 Å². The van der Waals surface area contributed by atoms with E-state index in [1.54, 1.807) is 0 Å². The van der Waals surface area contributed by atoms with E-state index in [2.05, 4.69) is 82.0 Å². The van der Waals surface area contributed by atoms with Crippen LogP contribution in [0.5, 0.6) is 0 Å². The highest BCUT2D eigenvalue weighted by Crippen LogP contribution is 2.29. The van der Waals surface area contributed by atoms with Crippen molar-refractivity contribution in [1.82, 2.24) is 26.6 Å². The summed E-state index contributed by atoms with van der Waals surface area (Å²) >= 11 is 0. The van der Waals surface area contributed by atoms with Gasteiger partial charge in [0.25, 0.3) is 0 Å². The van der Waals surface area contributed by atoms with Gasteiger partial charge in [0.15, 0.2) is 0 Å². The minimum absolute atomic E-state index is 0.215. The fourth-order valence-electron chi connectivity index (χ4n) is 5.79. The van der Waals surface area contributed by atoms with E-state index in [-0.39, 0.29) is 22.2 Å². The van der Waals surface area contributed by atoms with E-state index in [0.717, 1.165) is 26.2 Å². The van der Waals surface area contributed by atoms with Crippen LogP contribution in [0.25, 0.3) is 0 Å². The lowest BCUT2D eigenvalue weighted by Gasteiger charge is -2.47. The van der Waals surface area contributed by atoms with Gasteiger partial charge in [-0.2, -0.15) is 0 Å². The number of nitrogens with one attached hydrogen (secondary N) is 5. The third-order valence-corrected chi connectivity index (χ3v) is 5.85. The molecule has 0 aromatic heterocycles. The summed E-state index contributed by atoms with van der Waals surface area (Å²) in [6.45, 7) is 22.7.